The molecular weight excluding hydrogens is 152 g/mol. The van der Waals surface area contributed by atoms with E-state index in [0.29, 0.717) is 5.75 Å². The summed E-state index contributed by atoms with van der Waals surface area (Å²) in [6.07, 6.45) is 0. The second-order valence-corrected chi connectivity index (χ2v) is 3.23. The lowest BCUT2D eigenvalue weighted by Crippen LogP contribution is -2.15. The van der Waals surface area contributed by atoms with Gasteiger partial charge in [-0.1, -0.05) is 12.1 Å². The zero-order valence-corrected chi connectivity index (χ0v) is 7.37. The quantitative estimate of drug-likeness (QED) is 0.727. The maximum absolute atomic E-state index is 9.63. The Morgan fingerprint density at radius 3 is 2.58 bits per heavy atom. The molecule has 0 atom stereocenters. The van der Waals surface area contributed by atoms with E-state index in [1.807, 2.05) is 12.1 Å². The van der Waals surface area contributed by atoms with Gasteiger partial charge in [0.15, 0.2) is 0 Å². The molecule has 1 rings (SSSR count). The van der Waals surface area contributed by atoms with Crippen molar-refractivity contribution in [3.05, 3.63) is 36.9 Å². The van der Waals surface area contributed by atoms with E-state index in [-0.39, 0.29) is 0 Å². The van der Waals surface area contributed by atoms with Crippen LogP contribution in [0.2, 0.25) is 0 Å². The maximum Gasteiger partial charge on any atom is 0.122 e. The second kappa shape index (κ2) is 3.15. The molecule has 0 amide bonds. The van der Waals surface area contributed by atoms with Crippen LogP contribution < -0.4 is 4.74 Å². The molecule has 0 saturated carbocycles. The van der Waals surface area contributed by atoms with Crippen LogP contribution in [0.5, 0.6) is 5.75 Å². The van der Waals surface area contributed by atoms with E-state index in [0.717, 1.165) is 5.56 Å². The first-order valence-electron chi connectivity index (χ1n) is 3.79. The molecule has 0 aliphatic rings. The van der Waals surface area contributed by atoms with E-state index in [1.165, 1.54) is 0 Å². The third-order valence-corrected chi connectivity index (χ3v) is 1.71. The molecule has 0 bridgehead atoms. The maximum atomic E-state index is 9.63. The smallest absolute Gasteiger partial charge is 0.122 e. The van der Waals surface area contributed by atoms with Gasteiger partial charge in [0.25, 0.3) is 0 Å². The summed E-state index contributed by atoms with van der Waals surface area (Å²) >= 11 is 0. The average Bonchev–Trinajstić information content (AvgIpc) is 2.03. The molecule has 2 heteroatoms. The Bertz CT molecular complexity index is 261. The first-order chi connectivity index (χ1) is 5.54. The normalized spacial score (nSPS) is 11.3. The predicted octanol–water partition coefficient (Wildman–Crippen LogP) is 2.08. The highest BCUT2D eigenvalue weighted by molar-refractivity contribution is 5.31. The summed E-state index contributed by atoms with van der Waals surface area (Å²) in [6, 6.07) is 7.24. The van der Waals surface area contributed by atoms with Crippen molar-refractivity contribution < 1.29 is 9.84 Å². The Balaban J connectivity index is 3.02. The van der Waals surface area contributed by atoms with Crippen LogP contribution in [0.3, 0.4) is 0 Å². The summed E-state index contributed by atoms with van der Waals surface area (Å²) < 4.78 is 4.79. The van der Waals surface area contributed by atoms with Gasteiger partial charge in [-0.05, 0) is 31.5 Å². The zero-order valence-electron chi connectivity index (χ0n) is 7.37. The lowest BCUT2D eigenvalue weighted by atomic mass is 9.98. The first kappa shape index (κ1) is 9.07. The average molecular weight is 165 g/mol. The van der Waals surface area contributed by atoms with E-state index in [9.17, 15) is 5.11 Å². The molecule has 0 aliphatic heterocycles. The highest BCUT2D eigenvalue weighted by Crippen LogP contribution is 2.23. The highest BCUT2D eigenvalue weighted by atomic mass is 16.5. The molecule has 0 saturated heterocycles. The number of hydrogen-bond acceptors (Lipinski definition) is 2. The number of aliphatic hydroxyl groups is 1. The van der Waals surface area contributed by atoms with Gasteiger partial charge in [-0.15, -0.1) is 0 Å². The fraction of sp³-hybridized carbons (Fsp3) is 0.300. The molecule has 1 aromatic carbocycles. The predicted molar refractivity (Wildman–Crippen MR) is 47.7 cm³/mol. The topological polar surface area (TPSA) is 29.5 Å². The van der Waals surface area contributed by atoms with Crippen molar-refractivity contribution >= 4 is 0 Å². The monoisotopic (exact) mass is 165 g/mol. The Labute approximate surface area is 72.8 Å². The van der Waals surface area contributed by atoms with Gasteiger partial charge in [0, 0.05) is 0 Å². The van der Waals surface area contributed by atoms with Crippen LogP contribution in [0.1, 0.15) is 19.4 Å². The molecule has 0 spiro atoms. The summed E-state index contributed by atoms with van der Waals surface area (Å²) in [4.78, 5) is 0. The van der Waals surface area contributed by atoms with Crippen molar-refractivity contribution in [3.8, 4) is 5.75 Å². The Morgan fingerprint density at radius 1 is 1.42 bits per heavy atom. The number of benzene rings is 1. The molecule has 12 heavy (non-hydrogen) atoms. The van der Waals surface area contributed by atoms with Crippen molar-refractivity contribution in [2.75, 3.05) is 0 Å². The molecule has 0 aliphatic carbocycles. The van der Waals surface area contributed by atoms with Gasteiger partial charge in [-0.2, -0.15) is 0 Å². The van der Waals surface area contributed by atoms with Crippen molar-refractivity contribution in [1.29, 1.82) is 0 Å². The molecule has 65 valence electrons. The lowest BCUT2D eigenvalue weighted by Gasteiger charge is -2.17. The van der Waals surface area contributed by atoms with Crippen LogP contribution in [0.15, 0.2) is 24.3 Å². The highest BCUT2D eigenvalue weighted by Gasteiger charge is 2.15. The zero-order chi connectivity index (χ0) is 9.19. The summed E-state index contributed by atoms with van der Waals surface area (Å²) in [5.74, 6) is 0.662. The number of ether oxygens (including phenoxy) is 1. The molecule has 1 radical (unpaired) electrons. The van der Waals surface area contributed by atoms with E-state index >= 15 is 0 Å². The van der Waals surface area contributed by atoms with E-state index in [1.54, 1.807) is 26.0 Å². The number of rotatable bonds is 2. The van der Waals surface area contributed by atoms with Crippen molar-refractivity contribution in [3.63, 3.8) is 0 Å². The second-order valence-electron chi connectivity index (χ2n) is 3.23. The molecule has 0 unspecified atom stereocenters. The molecule has 0 fully saturated rings. The fourth-order valence-electron chi connectivity index (χ4n) is 0.966. The minimum atomic E-state index is -0.825. The SMILES string of the molecule is [CH2]Oc1cccc(C(C)(C)O)c1. The van der Waals surface area contributed by atoms with Gasteiger partial charge in [-0.25, -0.2) is 0 Å². The number of hydrogen-bond donors (Lipinski definition) is 1. The van der Waals surface area contributed by atoms with Crippen molar-refractivity contribution in [2.24, 2.45) is 0 Å². The summed E-state index contributed by atoms with van der Waals surface area (Å²) in [5.41, 5.74) is -0.00204. The molecule has 0 heterocycles. The van der Waals surface area contributed by atoms with Crippen molar-refractivity contribution in [2.45, 2.75) is 19.4 Å². The van der Waals surface area contributed by atoms with Crippen LogP contribution >= 0.6 is 0 Å². The van der Waals surface area contributed by atoms with Gasteiger partial charge in [0.05, 0.1) is 5.60 Å². The molecule has 1 N–H and O–H groups in total. The van der Waals surface area contributed by atoms with E-state index < -0.39 is 5.60 Å². The fourth-order valence-corrected chi connectivity index (χ4v) is 0.966. The van der Waals surface area contributed by atoms with Gasteiger partial charge in [-0.3, -0.25) is 0 Å². The van der Waals surface area contributed by atoms with E-state index in [4.69, 9.17) is 4.74 Å². The van der Waals surface area contributed by atoms with Gasteiger partial charge in [0.2, 0.25) is 0 Å². The molecule has 2 nitrogen and oxygen atoms in total. The summed E-state index contributed by atoms with van der Waals surface area (Å²) in [5, 5.41) is 9.63. The molecular formula is C10H13O2. The van der Waals surface area contributed by atoms with Gasteiger partial charge < -0.3 is 9.84 Å². The largest absolute Gasteiger partial charge is 0.490 e. The molecule has 0 aromatic heterocycles. The summed E-state index contributed by atoms with van der Waals surface area (Å²) in [7, 11) is 3.30. The van der Waals surface area contributed by atoms with Crippen LogP contribution in [-0.2, 0) is 5.60 Å². The Morgan fingerprint density at radius 2 is 2.08 bits per heavy atom. The van der Waals surface area contributed by atoms with Crippen LogP contribution in [0.4, 0.5) is 0 Å². The van der Waals surface area contributed by atoms with Gasteiger partial charge >= 0.3 is 0 Å². The summed E-state index contributed by atoms with van der Waals surface area (Å²) in [6.45, 7) is 3.46. The van der Waals surface area contributed by atoms with Crippen LogP contribution in [0, 0.1) is 7.11 Å². The van der Waals surface area contributed by atoms with Gasteiger partial charge in [0.1, 0.15) is 12.9 Å². The standard InChI is InChI=1S/C10H13O2/c1-10(2,11)8-5-4-6-9(7-8)12-3/h4-7,11H,3H2,1-2H3. The Hall–Kier alpha value is -1.02. The molecule has 1 aromatic rings. The Kier molecular flexibility index (Phi) is 2.38. The minimum Gasteiger partial charge on any atom is -0.490 e. The minimum absolute atomic E-state index is 0.662. The van der Waals surface area contributed by atoms with E-state index in [2.05, 4.69) is 7.11 Å². The first-order valence-corrected chi connectivity index (χ1v) is 3.79. The van der Waals surface area contributed by atoms with Crippen molar-refractivity contribution in [1.82, 2.24) is 0 Å². The third-order valence-electron chi connectivity index (χ3n) is 1.71. The van der Waals surface area contributed by atoms with Crippen LogP contribution in [0.25, 0.3) is 0 Å². The lowest BCUT2D eigenvalue weighted by molar-refractivity contribution is 0.0784. The van der Waals surface area contributed by atoms with Crippen LogP contribution in [-0.4, -0.2) is 5.11 Å². The third kappa shape index (κ3) is 1.98.